The van der Waals surface area contributed by atoms with Gasteiger partial charge < -0.3 is 15.7 Å². The summed E-state index contributed by atoms with van der Waals surface area (Å²) in [6.45, 7) is 13.4. The van der Waals surface area contributed by atoms with Crippen molar-refractivity contribution in [2.75, 3.05) is 32.2 Å². The van der Waals surface area contributed by atoms with Crippen LogP contribution in [0.1, 0.15) is 40.2 Å². The van der Waals surface area contributed by atoms with Gasteiger partial charge >= 0.3 is 0 Å². The molecular weight excluding hydrogens is 583 g/mol. The molecule has 0 spiro atoms. The summed E-state index contributed by atoms with van der Waals surface area (Å²) in [5.74, 6) is 0.0286. The number of carbonyl (C=O) groups excluding carboxylic acids is 2. The van der Waals surface area contributed by atoms with Crippen LogP contribution in [0.5, 0.6) is 0 Å². The lowest BCUT2D eigenvalue weighted by Gasteiger charge is -2.32. The standard InChI is InChI=1S/C25H34ClN4O5PS.C4H10/c1-18(2)16-29(37-36(3)21-11-7-10-20(13-21)30(34)35)17-23(31)22(12-19-8-5-4-6-9-19)28-25(33)15-27-24(32)14-26;1-4(2)3/h4-11,13,18,22-23,31H,12,14-17H2,1-3H3,(H,27,32)(H,28,33);4H,1-3H3/t22-,23+,36?;/m0./s1. The monoisotopic (exact) mass is 626 g/mol. The molecule has 228 valence electrons. The summed E-state index contributed by atoms with van der Waals surface area (Å²) in [6.07, 6.45) is -0.504. The average molecular weight is 627 g/mol. The van der Waals surface area contributed by atoms with E-state index < -0.39 is 36.0 Å². The third-order valence-corrected chi connectivity index (χ3v) is 9.36. The highest BCUT2D eigenvalue weighted by Crippen LogP contribution is 2.47. The van der Waals surface area contributed by atoms with Gasteiger partial charge in [-0.1, -0.05) is 77.1 Å². The lowest BCUT2D eigenvalue weighted by atomic mass is 10.0. The number of nitro benzene ring substituents is 1. The van der Waals surface area contributed by atoms with E-state index in [0.717, 1.165) is 16.8 Å². The van der Waals surface area contributed by atoms with Crippen LogP contribution >= 0.6 is 30.3 Å². The van der Waals surface area contributed by atoms with Crippen molar-refractivity contribution in [3.8, 4) is 0 Å². The molecule has 2 aromatic carbocycles. The Bertz CT molecular complexity index is 1080. The first-order valence-electron chi connectivity index (χ1n) is 13.6. The summed E-state index contributed by atoms with van der Waals surface area (Å²) in [6, 6.07) is 15.6. The van der Waals surface area contributed by atoms with E-state index in [0.29, 0.717) is 18.9 Å². The van der Waals surface area contributed by atoms with E-state index in [9.17, 15) is 24.8 Å². The van der Waals surface area contributed by atoms with Gasteiger partial charge in [0.2, 0.25) is 11.8 Å². The fraction of sp³-hybridized carbons (Fsp3) is 0.517. The van der Waals surface area contributed by atoms with Gasteiger partial charge in [0.05, 0.1) is 23.6 Å². The predicted octanol–water partition coefficient (Wildman–Crippen LogP) is 4.96. The number of carbonyl (C=O) groups is 2. The van der Waals surface area contributed by atoms with Gasteiger partial charge in [-0.3, -0.25) is 19.7 Å². The number of halogens is 1. The third-order valence-electron chi connectivity index (χ3n) is 5.28. The van der Waals surface area contributed by atoms with Gasteiger partial charge in [0.25, 0.3) is 5.69 Å². The van der Waals surface area contributed by atoms with E-state index in [1.807, 2.05) is 43.1 Å². The lowest BCUT2D eigenvalue weighted by Crippen LogP contribution is -2.51. The number of aliphatic hydroxyl groups excluding tert-OH is 1. The first-order chi connectivity index (χ1) is 19.3. The van der Waals surface area contributed by atoms with Crippen LogP contribution in [0, 0.1) is 22.0 Å². The molecule has 0 radical (unpaired) electrons. The van der Waals surface area contributed by atoms with Crippen molar-refractivity contribution >= 4 is 53.1 Å². The SMILES string of the molecule is CC(C)C.CC(C)CN(C[C@@H](O)[C@H](Cc1ccccc1)NC(=O)CNC(=O)CCl)SP(C)c1cccc([N+](=O)[O-])c1. The van der Waals surface area contributed by atoms with Crippen LogP contribution in [0.2, 0.25) is 0 Å². The molecule has 0 bridgehead atoms. The van der Waals surface area contributed by atoms with Crippen molar-refractivity contribution in [1.29, 1.82) is 0 Å². The van der Waals surface area contributed by atoms with Crippen LogP contribution in [-0.2, 0) is 16.0 Å². The van der Waals surface area contributed by atoms with Gasteiger partial charge in [-0.25, -0.2) is 4.31 Å². The maximum Gasteiger partial charge on any atom is 0.270 e. The maximum absolute atomic E-state index is 12.5. The molecule has 0 aliphatic rings. The van der Waals surface area contributed by atoms with E-state index in [-0.39, 0.29) is 24.7 Å². The number of nitrogens with one attached hydrogen (secondary N) is 2. The van der Waals surface area contributed by atoms with Crippen LogP contribution in [-0.4, -0.2) is 70.5 Å². The molecule has 0 saturated carbocycles. The fourth-order valence-electron chi connectivity index (χ4n) is 3.54. The molecule has 9 nitrogen and oxygen atoms in total. The molecule has 2 amide bonds. The molecule has 2 aromatic rings. The molecule has 3 atom stereocenters. The number of aliphatic hydroxyl groups is 1. The van der Waals surface area contributed by atoms with E-state index in [1.54, 1.807) is 23.7 Å². The first kappa shape index (κ1) is 36.8. The Balaban J connectivity index is 0.00000196. The Hall–Kier alpha value is -2.23. The van der Waals surface area contributed by atoms with Crippen molar-refractivity contribution in [2.24, 2.45) is 11.8 Å². The second-order valence-electron chi connectivity index (χ2n) is 10.7. The van der Waals surface area contributed by atoms with E-state index in [1.165, 1.54) is 6.07 Å². The van der Waals surface area contributed by atoms with Crippen molar-refractivity contribution < 1.29 is 19.6 Å². The number of rotatable bonds is 15. The lowest BCUT2D eigenvalue weighted by molar-refractivity contribution is -0.384. The zero-order chi connectivity index (χ0) is 30.9. The Morgan fingerprint density at radius 2 is 1.68 bits per heavy atom. The zero-order valence-electron chi connectivity index (χ0n) is 24.7. The number of non-ortho nitro benzene ring substituents is 1. The van der Waals surface area contributed by atoms with E-state index in [2.05, 4.69) is 49.6 Å². The van der Waals surface area contributed by atoms with Gasteiger partial charge in [0.1, 0.15) is 5.88 Å². The topological polar surface area (TPSA) is 125 Å². The molecule has 0 aliphatic heterocycles. The molecule has 0 aromatic heterocycles. The number of nitro groups is 1. The molecule has 0 saturated heterocycles. The zero-order valence-corrected chi connectivity index (χ0v) is 27.2. The number of hydrogen-bond acceptors (Lipinski definition) is 7. The number of hydrogen-bond donors (Lipinski definition) is 3. The minimum absolute atomic E-state index is 0.0507. The molecule has 0 heterocycles. The Morgan fingerprint density at radius 1 is 1.05 bits per heavy atom. The Labute approximate surface area is 254 Å². The Kier molecular flexibility index (Phi) is 17.8. The van der Waals surface area contributed by atoms with Crippen LogP contribution in [0.4, 0.5) is 5.69 Å². The van der Waals surface area contributed by atoms with Gasteiger partial charge in [0, 0.05) is 25.2 Å². The molecule has 0 fully saturated rings. The average Bonchev–Trinajstić information content (AvgIpc) is 2.91. The fourth-order valence-corrected chi connectivity index (χ4v) is 7.33. The van der Waals surface area contributed by atoms with Crippen molar-refractivity contribution in [2.45, 2.75) is 53.2 Å². The van der Waals surface area contributed by atoms with Gasteiger partial charge in [0.15, 0.2) is 0 Å². The maximum atomic E-state index is 12.5. The third kappa shape index (κ3) is 16.1. The highest BCUT2D eigenvalue weighted by atomic mass is 35.5. The normalized spacial score (nSPS) is 13.2. The van der Waals surface area contributed by atoms with Gasteiger partial charge in [-0.2, -0.15) is 0 Å². The number of amides is 2. The number of benzene rings is 2. The largest absolute Gasteiger partial charge is 0.390 e. The van der Waals surface area contributed by atoms with Crippen molar-refractivity contribution in [3.05, 3.63) is 70.3 Å². The molecular formula is C29H44ClN4O5PS. The first-order valence-corrected chi connectivity index (χ1v) is 17.3. The van der Waals surface area contributed by atoms with Gasteiger partial charge in [-0.15, -0.1) is 11.6 Å². The minimum Gasteiger partial charge on any atom is -0.390 e. The second kappa shape index (κ2) is 19.8. The van der Waals surface area contributed by atoms with Crippen molar-refractivity contribution in [1.82, 2.24) is 14.9 Å². The summed E-state index contributed by atoms with van der Waals surface area (Å²) in [5.41, 5.74) is 1.00. The highest BCUT2D eigenvalue weighted by Gasteiger charge is 2.26. The molecule has 2 rings (SSSR count). The quantitative estimate of drug-likeness (QED) is 0.0839. The van der Waals surface area contributed by atoms with Crippen molar-refractivity contribution in [3.63, 3.8) is 0 Å². The Morgan fingerprint density at radius 3 is 2.24 bits per heavy atom. The van der Waals surface area contributed by atoms with Gasteiger partial charge in [-0.05, 0) is 54.5 Å². The second-order valence-corrected chi connectivity index (χ2v) is 15.3. The molecule has 3 N–H and O–H groups in total. The van der Waals surface area contributed by atoms with E-state index in [4.69, 9.17) is 11.6 Å². The minimum atomic E-state index is -0.910. The molecule has 12 heteroatoms. The van der Waals surface area contributed by atoms with Crippen LogP contribution in [0.3, 0.4) is 0 Å². The van der Waals surface area contributed by atoms with E-state index >= 15 is 0 Å². The summed E-state index contributed by atoms with van der Waals surface area (Å²) < 4.78 is 2.07. The van der Waals surface area contributed by atoms with Crippen LogP contribution in [0.25, 0.3) is 0 Å². The smallest absolute Gasteiger partial charge is 0.270 e. The molecule has 0 aliphatic carbocycles. The summed E-state index contributed by atoms with van der Waals surface area (Å²) in [4.78, 5) is 34.8. The highest BCUT2D eigenvalue weighted by molar-refractivity contribution is 8.56. The molecule has 41 heavy (non-hydrogen) atoms. The number of alkyl halides is 1. The van der Waals surface area contributed by atoms with Crippen LogP contribution in [0.15, 0.2) is 54.6 Å². The summed E-state index contributed by atoms with van der Waals surface area (Å²) in [5, 5.41) is 28.6. The molecule has 1 unspecified atom stereocenters. The number of nitrogens with zero attached hydrogens (tertiary/aromatic N) is 2. The van der Waals surface area contributed by atoms with Crippen LogP contribution < -0.4 is 15.9 Å². The predicted molar refractivity (Wildman–Crippen MR) is 172 cm³/mol. The summed E-state index contributed by atoms with van der Waals surface area (Å²) in [7, 11) is -0.837. The summed E-state index contributed by atoms with van der Waals surface area (Å²) >= 11 is 7.05.